The fraction of sp³-hybridized carbons (Fsp3) is 0.176. The quantitative estimate of drug-likeness (QED) is 0.792. The Morgan fingerprint density at radius 2 is 1.67 bits per heavy atom. The molecule has 3 aromatic rings. The van der Waals surface area contributed by atoms with Crippen molar-refractivity contribution < 1.29 is 0 Å². The van der Waals surface area contributed by atoms with Crippen LogP contribution in [-0.2, 0) is 0 Å². The van der Waals surface area contributed by atoms with Crippen LogP contribution in [0.15, 0.2) is 48.5 Å². The molecule has 0 fully saturated rings. The molecule has 21 heavy (non-hydrogen) atoms. The van der Waals surface area contributed by atoms with Crippen LogP contribution in [0.25, 0.3) is 10.9 Å². The zero-order valence-electron chi connectivity index (χ0n) is 12.5. The molecule has 1 N–H and O–H groups in total. The van der Waals surface area contributed by atoms with Gasteiger partial charge in [-0.15, -0.1) is 0 Å². The van der Waals surface area contributed by atoms with Gasteiger partial charge in [0.2, 0.25) is 0 Å². The number of nitrogens with zero attached hydrogens (tertiary/aromatic N) is 3. The van der Waals surface area contributed by atoms with Gasteiger partial charge in [0.1, 0.15) is 11.6 Å². The van der Waals surface area contributed by atoms with E-state index in [4.69, 9.17) is 0 Å². The van der Waals surface area contributed by atoms with Gasteiger partial charge in [0.25, 0.3) is 0 Å². The molecule has 0 aliphatic carbocycles. The maximum Gasteiger partial charge on any atom is 0.144 e. The van der Waals surface area contributed by atoms with Crippen LogP contribution < -0.4 is 10.2 Å². The minimum absolute atomic E-state index is 0.780. The average Bonchev–Trinajstić information content (AvgIpc) is 2.53. The van der Waals surface area contributed by atoms with Crippen molar-refractivity contribution in [3.8, 4) is 0 Å². The van der Waals surface area contributed by atoms with Gasteiger partial charge in [0.05, 0.1) is 5.52 Å². The third kappa shape index (κ3) is 2.52. The molecule has 1 heterocycles. The number of nitrogens with one attached hydrogen (secondary N) is 1. The Hall–Kier alpha value is -2.62. The van der Waals surface area contributed by atoms with E-state index < -0.39 is 0 Å². The van der Waals surface area contributed by atoms with Gasteiger partial charge in [-0.3, -0.25) is 0 Å². The van der Waals surface area contributed by atoms with Gasteiger partial charge in [0.15, 0.2) is 0 Å². The zero-order chi connectivity index (χ0) is 14.8. The molecule has 0 bridgehead atoms. The van der Waals surface area contributed by atoms with Crippen LogP contribution in [0.1, 0.15) is 5.82 Å². The smallest absolute Gasteiger partial charge is 0.144 e. The number of hydrogen-bond donors (Lipinski definition) is 1. The topological polar surface area (TPSA) is 41.0 Å². The lowest BCUT2D eigenvalue weighted by molar-refractivity contribution is 1.04. The number of anilines is 3. The highest BCUT2D eigenvalue weighted by molar-refractivity contribution is 5.91. The molecule has 106 valence electrons. The molecule has 3 rings (SSSR count). The average molecular weight is 278 g/mol. The minimum Gasteiger partial charge on any atom is -0.388 e. The highest BCUT2D eigenvalue weighted by atomic mass is 15.2. The molecular weight excluding hydrogens is 260 g/mol. The number of aromatic nitrogens is 2. The van der Waals surface area contributed by atoms with E-state index >= 15 is 0 Å². The van der Waals surface area contributed by atoms with Gasteiger partial charge < -0.3 is 10.2 Å². The first-order chi connectivity index (χ1) is 10.2. The van der Waals surface area contributed by atoms with Crippen molar-refractivity contribution >= 4 is 28.1 Å². The number of para-hydroxylation sites is 1. The minimum atomic E-state index is 0.780. The van der Waals surface area contributed by atoms with E-state index in [1.54, 1.807) is 0 Å². The van der Waals surface area contributed by atoms with Gasteiger partial charge >= 0.3 is 0 Å². The van der Waals surface area contributed by atoms with E-state index in [0.717, 1.165) is 33.9 Å². The summed E-state index contributed by atoms with van der Waals surface area (Å²) in [6.07, 6.45) is 0. The van der Waals surface area contributed by atoms with E-state index in [1.165, 1.54) is 0 Å². The zero-order valence-corrected chi connectivity index (χ0v) is 12.5. The predicted octanol–water partition coefficient (Wildman–Crippen LogP) is 3.75. The summed E-state index contributed by atoms with van der Waals surface area (Å²) in [5, 5.41) is 4.19. The molecule has 0 atom stereocenters. The lowest BCUT2D eigenvalue weighted by Crippen LogP contribution is -2.13. The van der Waals surface area contributed by atoms with Crippen LogP contribution in [0.3, 0.4) is 0 Å². The van der Waals surface area contributed by atoms with Crippen LogP contribution in [0.4, 0.5) is 17.2 Å². The number of benzene rings is 2. The molecule has 4 nitrogen and oxygen atoms in total. The first kappa shape index (κ1) is 13.4. The van der Waals surface area contributed by atoms with Crippen molar-refractivity contribution in [1.29, 1.82) is 0 Å². The molecule has 0 saturated carbocycles. The Morgan fingerprint density at radius 1 is 0.952 bits per heavy atom. The molecular formula is C17H18N4. The fourth-order valence-electron chi connectivity index (χ4n) is 2.40. The lowest BCUT2D eigenvalue weighted by atomic mass is 10.2. The van der Waals surface area contributed by atoms with E-state index in [-0.39, 0.29) is 0 Å². The summed E-state index contributed by atoms with van der Waals surface area (Å²) < 4.78 is 0. The number of fused-ring (bicyclic) bond motifs is 1. The Balaban J connectivity index is 2.09. The second kappa shape index (κ2) is 5.40. The monoisotopic (exact) mass is 278 g/mol. The summed E-state index contributed by atoms with van der Waals surface area (Å²) in [4.78, 5) is 11.2. The van der Waals surface area contributed by atoms with Crippen molar-refractivity contribution in [3.63, 3.8) is 0 Å². The third-order valence-electron chi connectivity index (χ3n) is 3.56. The molecule has 0 saturated heterocycles. The number of aryl methyl sites for hydroxylation is 1. The van der Waals surface area contributed by atoms with E-state index in [9.17, 15) is 0 Å². The highest BCUT2D eigenvalue weighted by Crippen LogP contribution is 2.29. The normalized spacial score (nSPS) is 10.6. The second-order valence-corrected chi connectivity index (χ2v) is 4.97. The Labute approximate surface area is 124 Å². The molecule has 0 aliphatic heterocycles. The molecule has 0 spiro atoms. The van der Waals surface area contributed by atoms with Crippen molar-refractivity contribution in [2.45, 2.75) is 6.92 Å². The van der Waals surface area contributed by atoms with Crippen LogP contribution in [0.2, 0.25) is 0 Å². The lowest BCUT2D eigenvalue weighted by Gasteiger charge is -2.20. The van der Waals surface area contributed by atoms with Crippen LogP contribution in [0, 0.1) is 6.92 Å². The van der Waals surface area contributed by atoms with Crippen LogP contribution in [0.5, 0.6) is 0 Å². The predicted molar refractivity (Wildman–Crippen MR) is 88.3 cm³/mol. The molecule has 0 unspecified atom stereocenters. The van der Waals surface area contributed by atoms with Crippen molar-refractivity contribution in [2.24, 2.45) is 0 Å². The summed E-state index contributed by atoms with van der Waals surface area (Å²) in [5.74, 6) is 1.71. The summed E-state index contributed by atoms with van der Waals surface area (Å²) in [6, 6.07) is 16.4. The molecule has 2 aromatic carbocycles. The van der Waals surface area contributed by atoms with Crippen molar-refractivity contribution in [1.82, 2.24) is 9.97 Å². The SMILES string of the molecule is CNc1ccc(N(C)c2nc(C)nc3ccccc23)cc1. The molecule has 4 heteroatoms. The summed E-state index contributed by atoms with van der Waals surface area (Å²) in [6.45, 7) is 1.92. The maximum absolute atomic E-state index is 4.62. The third-order valence-corrected chi connectivity index (χ3v) is 3.56. The van der Waals surface area contributed by atoms with Gasteiger partial charge in [-0.25, -0.2) is 9.97 Å². The maximum atomic E-state index is 4.62. The number of hydrogen-bond acceptors (Lipinski definition) is 4. The van der Waals surface area contributed by atoms with Gasteiger partial charge in [-0.05, 0) is 43.3 Å². The molecule has 0 aliphatic rings. The fourth-order valence-corrected chi connectivity index (χ4v) is 2.40. The Morgan fingerprint density at radius 3 is 2.38 bits per heavy atom. The van der Waals surface area contributed by atoms with E-state index in [2.05, 4.69) is 50.5 Å². The van der Waals surface area contributed by atoms with Gasteiger partial charge in [-0.1, -0.05) is 12.1 Å². The summed E-state index contributed by atoms with van der Waals surface area (Å²) in [7, 11) is 3.95. The van der Waals surface area contributed by atoms with Crippen LogP contribution in [-0.4, -0.2) is 24.1 Å². The first-order valence-corrected chi connectivity index (χ1v) is 6.94. The molecule has 0 radical (unpaired) electrons. The Kier molecular flexibility index (Phi) is 3.44. The van der Waals surface area contributed by atoms with E-state index in [1.807, 2.05) is 39.2 Å². The molecule has 0 amide bonds. The van der Waals surface area contributed by atoms with Gasteiger partial charge in [0, 0.05) is 30.9 Å². The van der Waals surface area contributed by atoms with Crippen molar-refractivity contribution in [3.05, 3.63) is 54.4 Å². The Bertz CT molecular complexity index is 765. The summed E-state index contributed by atoms with van der Waals surface area (Å²) >= 11 is 0. The standard InChI is InChI=1S/C17H18N4/c1-12-19-16-7-5-4-6-15(16)17(20-12)21(3)14-10-8-13(18-2)9-11-14/h4-11,18H,1-3H3. The first-order valence-electron chi connectivity index (χ1n) is 6.94. The van der Waals surface area contributed by atoms with Gasteiger partial charge in [-0.2, -0.15) is 0 Å². The number of rotatable bonds is 3. The summed E-state index contributed by atoms with van der Waals surface area (Å²) in [5.41, 5.74) is 3.16. The van der Waals surface area contributed by atoms with Crippen LogP contribution >= 0.6 is 0 Å². The van der Waals surface area contributed by atoms with E-state index in [0.29, 0.717) is 0 Å². The molecule has 1 aromatic heterocycles. The highest BCUT2D eigenvalue weighted by Gasteiger charge is 2.11. The van der Waals surface area contributed by atoms with Crippen molar-refractivity contribution in [2.75, 3.05) is 24.3 Å². The second-order valence-electron chi connectivity index (χ2n) is 4.97. The largest absolute Gasteiger partial charge is 0.388 e.